The Morgan fingerprint density at radius 3 is 2.41 bits per heavy atom. The lowest BCUT2D eigenvalue weighted by Crippen LogP contribution is -2.48. The topological polar surface area (TPSA) is 150 Å². The Bertz CT molecular complexity index is 1070. The van der Waals surface area contributed by atoms with Gasteiger partial charge in [0.05, 0.1) is 19.2 Å². The highest BCUT2D eigenvalue weighted by atomic mass is 16.5. The number of carboxylic acid groups (broad SMARTS) is 2. The molecule has 2 aromatic carbocycles. The molecule has 0 bridgehead atoms. The van der Waals surface area contributed by atoms with E-state index in [2.05, 4.69) is 0 Å². The van der Waals surface area contributed by atoms with E-state index in [4.69, 9.17) is 15.6 Å². The number of anilines is 1. The van der Waals surface area contributed by atoms with Crippen LogP contribution in [-0.2, 0) is 22.6 Å². The normalized spacial score (nSPS) is 14.9. The van der Waals surface area contributed by atoms with Crippen molar-refractivity contribution < 1.29 is 34.1 Å². The molecule has 0 saturated heterocycles. The number of ether oxygens (including phenoxy) is 1. The molecule has 10 heteroatoms. The monoisotopic (exact) mass is 441 g/mol. The van der Waals surface area contributed by atoms with Crippen molar-refractivity contribution in [3.05, 3.63) is 59.2 Å². The van der Waals surface area contributed by atoms with E-state index < -0.39 is 29.9 Å². The zero-order valence-electron chi connectivity index (χ0n) is 17.4. The van der Waals surface area contributed by atoms with Crippen LogP contribution in [0, 0.1) is 0 Å². The molecular formula is C22H23N3O7. The fraction of sp³-hybridized carbons (Fsp3) is 0.273. The van der Waals surface area contributed by atoms with Gasteiger partial charge in [0.15, 0.2) is 0 Å². The first-order valence-electron chi connectivity index (χ1n) is 9.80. The number of nitrogens with two attached hydrogens (primary N) is 1. The average molecular weight is 441 g/mol. The molecule has 1 aliphatic rings. The number of carboxylic acids is 2. The van der Waals surface area contributed by atoms with Crippen LogP contribution in [-0.4, -0.2) is 58.7 Å². The summed E-state index contributed by atoms with van der Waals surface area (Å²) in [4.78, 5) is 50.2. The van der Waals surface area contributed by atoms with Gasteiger partial charge in [-0.05, 0) is 29.3 Å². The zero-order valence-corrected chi connectivity index (χ0v) is 17.4. The molecular weight excluding hydrogens is 418 g/mol. The predicted octanol–water partition coefficient (Wildman–Crippen LogP) is 1.71. The Balaban J connectivity index is 1.93. The van der Waals surface area contributed by atoms with E-state index in [-0.39, 0.29) is 42.9 Å². The second kappa shape index (κ2) is 9.38. The largest absolute Gasteiger partial charge is 0.495 e. The number of hydrogen-bond acceptors (Lipinski definition) is 5. The highest BCUT2D eigenvalue weighted by Crippen LogP contribution is 2.32. The number of carbonyl (C=O) groups excluding carboxylic acids is 2. The fourth-order valence-corrected chi connectivity index (χ4v) is 3.71. The number of amides is 3. The highest BCUT2D eigenvalue weighted by Gasteiger charge is 2.35. The van der Waals surface area contributed by atoms with E-state index in [1.807, 2.05) is 24.3 Å². The molecule has 3 amide bonds. The van der Waals surface area contributed by atoms with Crippen molar-refractivity contribution >= 4 is 29.6 Å². The van der Waals surface area contributed by atoms with Gasteiger partial charge in [0.2, 0.25) is 0 Å². The third-order valence-corrected chi connectivity index (χ3v) is 5.33. The summed E-state index contributed by atoms with van der Waals surface area (Å²) >= 11 is 0. The van der Waals surface area contributed by atoms with Crippen LogP contribution in [0.2, 0.25) is 0 Å². The number of benzene rings is 2. The average Bonchev–Trinajstić information content (AvgIpc) is 2.77. The summed E-state index contributed by atoms with van der Waals surface area (Å²) in [5, 5.41) is 18.6. The number of urea groups is 1. The molecule has 0 unspecified atom stereocenters. The van der Waals surface area contributed by atoms with Gasteiger partial charge < -0.3 is 25.6 Å². The molecule has 0 saturated carbocycles. The number of methoxy groups -OCH3 is 1. The molecule has 1 atom stereocenters. The second-order valence-corrected chi connectivity index (χ2v) is 7.28. The molecule has 32 heavy (non-hydrogen) atoms. The first-order chi connectivity index (χ1) is 15.2. The standard InChI is InChI=1S/C22H23N3O7/c1-32-18-11-14(6-7-16(18)24(22(23)31)9-8-19(26)27)20(28)25-12-15-5-3-2-4-13(15)10-17(25)21(29)30/h2-7,11,17H,8-10,12H2,1H3,(H2,23,31)(H,26,27)(H,29,30)/t17-/m1/s1. The number of nitrogens with zero attached hydrogens (tertiary/aromatic N) is 2. The van der Waals surface area contributed by atoms with Gasteiger partial charge in [-0.2, -0.15) is 0 Å². The van der Waals surface area contributed by atoms with E-state index in [1.165, 1.54) is 30.2 Å². The van der Waals surface area contributed by atoms with Gasteiger partial charge in [-0.15, -0.1) is 0 Å². The van der Waals surface area contributed by atoms with Crippen molar-refractivity contribution in [3.8, 4) is 5.75 Å². The quantitative estimate of drug-likeness (QED) is 0.592. The van der Waals surface area contributed by atoms with E-state index in [1.54, 1.807) is 0 Å². The Labute approximate surface area is 183 Å². The van der Waals surface area contributed by atoms with Gasteiger partial charge in [-0.1, -0.05) is 24.3 Å². The summed E-state index contributed by atoms with van der Waals surface area (Å²) in [5.74, 6) is -2.59. The number of primary amides is 1. The van der Waals surface area contributed by atoms with Crippen LogP contribution in [0.1, 0.15) is 27.9 Å². The first kappa shape index (κ1) is 22.6. The highest BCUT2D eigenvalue weighted by molar-refractivity contribution is 5.99. The lowest BCUT2D eigenvalue weighted by molar-refractivity contribution is -0.143. The van der Waals surface area contributed by atoms with E-state index in [0.29, 0.717) is 0 Å². The molecule has 0 fully saturated rings. The third kappa shape index (κ3) is 4.64. The van der Waals surface area contributed by atoms with Crippen LogP contribution in [0.4, 0.5) is 10.5 Å². The van der Waals surface area contributed by atoms with Crippen molar-refractivity contribution in [1.82, 2.24) is 4.90 Å². The maximum atomic E-state index is 13.2. The van der Waals surface area contributed by atoms with Crippen molar-refractivity contribution in [3.63, 3.8) is 0 Å². The van der Waals surface area contributed by atoms with Gasteiger partial charge >= 0.3 is 18.0 Å². The van der Waals surface area contributed by atoms with Crippen LogP contribution in [0.25, 0.3) is 0 Å². The van der Waals surface area contributed by atoms with Gasteiger partial charge in [-0.25, -0.2) is 9.59 Å². The van der Waals surface area contributed by atoms with Crippen LogP contribution in [0.15, 0.2) is 42.5 Å². The summed E-state index contributed by atoms with van der Waals surface area (Å²) in [5.41, 5.74) is 7.51. The molecule has 0 radical (unpaired) electrons. The minimum Gasteiger partial charge on any atom is -0.495 e. The van der Waals surface area contributed by atoms with Gasteiger partial charge in [0.25, 0.3) is 5.91 Å². The summed E-state index contributed by atoms with van der Waals surface area (Å²) in [7, 11) is 1.33. The summed E-state index contributed by atoms with van der Waals surface area (Å²) in [6.07, 6.45) is -0.142. The SMILES string of the molecule is COc1cc(C(=O)N2Cc3ccccc3C[C@@H]2C(=O)O)ccc1N(CCC(=O)O)C(N)=O. The number of rotatable bonds is 7. The molecule has 168 valence electrons. The molecule has 10 nitrogen and oxygen atoms in total. The maximum absolute atomic E-state index is 13.2. The molecule has 0 spiro atoms. The molecule has 1 heterocycles. The molecule has 3 rings (SSSR count). The minimum absolute atomic E-state index is 0.129. The summed E-state index contributed by atoms with van der Waals surface area (Å²) < 4.78 is 5.31. The number of aliphatic carboxylic acids is 2. The smallest absolute Gasteiger partial charge is 0.326 e. The minimum atomic E-state index is -1.11. The number of carbonyl (C=O) groups is 4. The number of fused-ring (bicyclic) bond motifs is 1. The number of hydrogen-bond donors (Lipinski definition) is 3. The van der Waals surface area contributed by atoms with Crippen molar-refractivity contribution in [2.24, 2.45) is 5.73 Å². The fourth-order valence-electron chi connectivity index (χ4n) is 3.71. The van der Waals surface area contributed by atoms with Gasteiger partial charge in [0, 0.05) is 25.1 Å². The molecule has 0 aromatic heterocycles. The van der Waals surface area contributed by atoms with Crippen LogP contribution < -0.4 is 15.4 Å². The third-order valence-electron chi connectivity index (χ3n) is 5.33. The molecule has 2 aromatic rings. The van der Waals surface area contributed by atoms with E-state index in [0.717, 1.165) is 16.0 Å². The Morgan fingerprint density at radius 2 is 1.81 bits per heavy atom. The van der Waals surface area contributed by atoms with Gasteiger partial charge in [-0.3, -0.25) is 14.5 Å². The van der Waals surface area contributed by atoms with Crippen LogP contribution in [0.5, 0.6) is 5.75 Å². The first-order valence-corrected chi connectivity index (χ1v) is 9.80. The lowest BCUT2D eigenvalue weighted by Gasteiger charge is -2.34. The van der Waals surface area contributed by atoms with E-state index >= 15 is 0 Å². The zero-order chi connectivity index (χ0) is 23.4. The molecule has 4 N–H and O–H groups in total. The molecule has 1 aliphatic heterocycles. The van der Waals surface area contributed by atoms with Crippen LogP contribution in [0.3, 0.4) is 0 Å². The summed E-state index contributed by atoms with van der Waals surface area (Å²) in [6.45, 7) is -0.0413. The predicted molar refractivity (Wildman–Crippen MR) is 114 cm³/mol. The summed E-state index contributed by atoms with van der Waals surface area (Å²) in [6, 6.07) is 9.69. The van der Waals surface area contributed by atoms with Crippen LogP contribution >= 0.6 is 0 Å². The lowest BCUT2D eigenvalue weighted by atomic mass is 9.93. The van der Waals surface area contributed by atoms with Crippen molar-refractivity contribution in [2.75, 3.05) is 18.6 Å². The Hall–Kier alpha value is -4.08. The Morgan fingerprint density at radius 1 is 1.12 bits per heavy atom. The van der Waals surface area contributed by atoms with Gasteiger partial charge in [0.1, 0.15) is 11.8 Å². The van der Waals surface area contributed by atoms with E-state index in [9.17, 15) is 24.3 Å². The maximum Gasteiger partial charge on any atom is 0.326 e. The van der Waals surface area contributed by atoms with Crippen molar-refractivity contribution in [2.45, 2.75) is 25.4 Å². The Kier molecular flexibility index (Phi) is 6.62. The van der Waals surface area contributed by atoms with Crippen molar-refractivity contribution in [1.29, 1.82) is 0 Å². The molecule has 0 aliphatic carbocycles. The second-order valence-electron chi connectivity index (χ2n) is 7.28.